The van der Waals surface area contributed by atoms with Gasteiger partial charge in [-0.15, -0.1) is 0 Å². The summed E-state index contributed by atoms with van der Waals surface area (Å²) in [7, 11) is -4.02. The van der Waals surface area contributed by atoms with Crippen molar-refractivity contribution in [2.75, 3.05) is 17.1 Å². The average Bonchev–Trinajstić information content (AvgIpc) is 2.62. The number of hydrogen-bond acceptors (Lipinski definition) is 4. The van der Waals surface area contributed by atoms with Crippen molar-refractivity contribution in [2.45, 2.75) is 13.1 Å². The second kappa shape index (κ2) is 8.95. The molecule has 0 heterocycles. The van der Waals surface area contributed by atoms with Gasteiger partial charge in [-0.1, -0.05) is 34.1 Å². The zero-order valence-corrected chi connectivity index (χ0v) is 17.8. The van der Waals surface area contributed by atoms with E-state index in [1.807, 2.05) is 6.07 Å². The van der Waals surface area contributed by atoms with Gasteiger partial charge in [-0.05, 0) is 42.8 Å². The molecule has 6 nitrogen and oxygen atoms in total. The van der Waals surface area contributed by atoms with Gasteiger partial charge in [0.05, 0.1) is 23.2 Å². The van der Waals surface area contributed by atoms with E-state index in [4.69, 9.17) is 0 Å². The first kappa shape index (κ1) is 22.9. The minimum Gasteiger partial charge on any atom is -0.271 e. The summed E-state index contributed by atoms with van der Waals surface area (Å²) in [6.45, 7) is 0.915. The van der Waals surface area contributed by atoms with Crippen LogP contribution in [-0.4, -0.2) is 32.8 Å². The number of rotatable bonds is 6. The first-order valence-corrected chi connectivity index (χ1v) is 10.8. The number of benzene rings is 2. The highest BCUT2D eigenvalue weighted by molar-refractivity contribution is 9.10. The van der Waals surface area contributed by atoms with Gasteiger partial charge in [0.1, 0.15) is 6.54 Å². The molecule has 0 aliphatic rings. The number of sulfonamides is 1. The number of carbonyl (C=O) groups excluding carboxylic acids is 1. The number of halogens is 4. The quantitative estimate of drug-likeness (QED) is 0.493. The number of hydrazone groups is 1. The molecule has 0 atom stereocenters. The molecule has 156 valence electrons. The molecular formula is C18H17BrF3N3O3S. The Hall–Kier alpha value is -2.40. The number of nitrogens with zero attached hydrogens (tertiary/aromatic N) is 2. The molecule has 0 radical (unpaired) electrons. The smallest absolute Gasteiger partial charge is 0.271 e. The molecule has 0 saturated carbocycles. The monoisotopic (exact) mass is 491 g/mol. The highest BCUT2D eigenvalue weighted by Crippen LogP contribution is 2.32. The molecular weight excluding hydrogens is 475 g/mol. The lowest BCUT2D eigenvalue weighted by atomic mass is 10.1. The molecule has 0 aromatic heterocycles. The minimum atomic E-state index is -4.65. The molecule has 0 fully saturated rings. The maximum Gasteiger partial charge on any atom is 0.416 e. The van der Waals surface area contributed by atoms with Crippen LogP contribution in [0, 0.1) is 0 Å². The van der Waals surface area contributed by atoms with Gasteiger partial charge >= 0.3 is 6.18 Å². The molecule has 1 N–H and O–H groups in total. The maximum atomic E-state index is 12.9. The van der Waals surface area contributed by atoms with Crippen LogP contribution in [0.4, 0.5) is 18.9 Å². The summed E-state index contributed by atoms with van der Waals surface area (Å²) >= 11 is 3.31. The first-order valence-electron chi connectivity index (χ1n) is 8.12. The molecule has 0 spiro atoms. The second-order valence-electron chi connectivity index (χ2n) is 6.06. The van der Waals surface area contributed by atoms with Crippen molar-refractivity contribution in [2.24, 2.45) is 5.10 Å². The van der Waals surface area contributed by atoms with Gasteiger partial charge in [0.15, 0.2) is 0 Å². The fourth-order valence-electron chi connectivity index (χ4n) is 2.33. The zero-order chi connectivity index (χ0) is 21.8. The fourth-order valence-corrected chi connectivity index (χ4v) is 3.57. The number of nitrogens with one attached hydrogen (secondary N) is 1. The lowest BCUT2D eigenvalue weighted by Gasteiger charge is -2.22. The third kappa shape index (κ3) is 6.57. The van der Waals surface area contributed by atoms with Crippen molar-refractivity contribution in [1.29, 1.82) is 0 Å². The summed E-state index contributed by atoms with van der Waals surface area (Å²) in [5, 5.41) is 3.92. The van der Waals surface area contributed by atoms with E-state index in [-0.39, 0.29) is 5.69 Å². The van der Waals surface area contributed by atoms with Gasteiger partial charge < -0.3 is 0 Å². The summed E-state index contributed by atoms with van der Waals surface area (Å²) in [4.78, 5) is 12.2. The number of hydrogen-bond donors (Lipinski definition) is 1. The maximum absolute atomic E-state index is 12.9. The lowest BCUT2D eigenvalue weighted by Crippen LogP contribution is -2.39. The molecule has 29 heavy (non-hydrogen) atoms. The van der Waals surface area contributed by atoms with Gasteiger partial charge in [-0.2, -0.15) is 18.3 Å². The highest BCUT2D eigenvalue weighted by Gasteiger charge is 2.32. The van der Waals surface area contributed by atoms with Crippen molar-refractivity contribution in [1.82, 2.24) is 5.43 Å². The van der Waals surface area contributed by atoms with Crippen LogP contribution >= 0.6 is 15.9 Å². The zero-order valence-electron chi connectivity index (χ0n) is 15.4. The molecule has 1 amide bonds. The van der Waals surface area contributed by atoms with Gasteiger partial charge in [-0.3, -0.25) is 9.10 Å². The summed E-state index contributed by atoms with van der Waals surface area (Å²) in [6.07, 6.45) is -3.84. The molecule has 2 rings (SSSR count). The number of alkyl halides is 3. The molecule has 0 saturated heterocycles. The molecule has 0 unspecified atom stereocenters. The first-order chi connectivity index (χ1) is 13.4. The van der Waals surface area contributed by atoms with Crippen molar-refractivity contribution < 1.29 is 26.4 Å². The second-order valence-corrected chi connectivity index (χ2v) is 8.88. The SMILES string of the molecule is C/C(=N/NC(=O)CN(c1cccc(C(F)(F)F)c1)S(C)(=O)=O)c1cccc(Br)c1. The average molecular weight is 492 g/mol. The summed E-state index contributed by atoms with van der Waals surface area (Å²) in [5.74, 6) is -0.804. The Labute approximate surface area is 174 Å². The predicted molar refractivity (Wildman–Crippen MR) is 108 cm³/mol. The Bertz CT molecular complexity index is 1040. The van der Waals surface area contributed by atoms with Crippen LogP contribution in [0.1, 0.15) is 18.1 Å². The van der Waals surface area contributed by atoms with Crippen LogP contribution in [0.15, 0.2) is 58.1 Å². The number of anilines is 1. The van der Waals surface area contributed by atoms with Crippen LogP contribution in [-0.2, 0) is 21.0 Å². The Morgan fingerprint density at radius 2 is 1.83 bits per heavy atom. The Morgan fingerprint density at radius 1 is 1.17 bits per heavy atom. The van der Waals surface area contributed by atoms with Crippen molar-refractivity contribution in [3.8, 4) is 0 Å². The van der Waals surface area contributed by atoms with Crippen molar-refractivity contribution >= 4 is 43.3 Å². The van der Waals surface area contributed by atoms with E-state index < -0.39 is 34.2 Å². The molecule has 2 aromatic rings. The van der Waals surface area contributed by atoms with Gasteiger partial charge in [0.25, 0.3) is 5.91 Å². The molecule has 11 heteroatoms. The minimum absolute atomic E-state index is 0.273. The van der Waals surface area contributed by atoms with E-state index in [2.05, 4.69) is 26.5 Å². The van der Waals surface area contributed by atoms with Gasteiger partial charge in [-0.25, -0.2) is 13.8 Å². The molecule has 0 aliphatic carbocycles. The standard InChI is InChI=1S/C18H17BrF3N3O3S/c1-12(13-5-3-7-15(19)9-13)23-24-17(26)11-25(29(2,27)28)16-8-4-6-14(10-16)18(20,21)22/h3-10H,11H2,1-2H3,(H,24,26)/b23-12-. The Morgan fingerprint density at radius 3 is 2.41 bits per heavy atom. The van der Waals surface area contributed by atoms with E-state index in [1.54, 1.807) is 25.1 Å². The van der Waals surface area contributed by atoms with Crippen LogP contribution in [0.3, 0.4) is 0 Å². The largest absolute Gasteiger partial charge is 0.416 e. The summed E-state index contributed by atoms with van der Waals surface area (Å²) < 4.78 is 64.3. The van der Waals surface area contributed by atoms with Crippen LogP contribution in [0.2, 0.25) is 0 Å². The van der Waals surface area contributed by atoms with E-state index in [0.29, 0.717) is 16.1 Å². The summed E-state index contributed by atoms with van der Waals surface area (Å²) in [5.41, 5.74) is 2.11. The molecule has 2 aromatic carbocycles. The lowest BCUT2D eigenvalue weighted by molar-refractivity contribution is -0.137. The van der Waals surface area contributed by atoms with E-state index >= 15 is 0 Å². The Kier molecular flexibility index (Phi) is 7.06. The third-order valence-corrected chi connectivity index (χ3v) is 5.37. The van der Waals surface area contributed by atoms with E-state index in [1.165, 1.54) is 6.07 Å². The van der Waals surface area contributed by atoms with Crippen LogP contribution < -0.4 is 9.73 Å². The van der Waals surface area contributed by atoms with Crippen molar-refractivity contribution in [3.05, 3.63) is 64.1 Å². The number of carbonyl (C=O) groups is 1. The van der Waals surface area contributed by atoms with Crippen LogP contribution in [0.25, 0.3) is 0 Å². The highest BCUT2D eigenvalue weighted by atomic mass is 79.9. The normalized spacial score (nSPS) is 12.6. The summed E-state index contributed by atoms with van der Waals surface area (Å²) in [6, 6.07) is 10.9. The van der Waals surface area contributed by atoms with E-state index in [0.717, 1.165) is 28.4 Å². The van der Waals surface area contributed by atoms with Crippen molar-refractivity contribution in [3.63, 3.8) is 0 Å². The van der Waals surface area contributed by atoms with Gasteiger partial charge in [0, 0.05) is 4.47 Å². The Balaban J connectivity index is 2.21. The fraction of sp³-hybridized carbons (Fsp3) is 0.222. The third-order valence-electron chi connectivity index (χ3n) is 3.74. The molecule has 0 bridgehead atoms. The topological polar surface area (TPSA) is 78.8 Å². The predicted octanol–water partition coefficient (Wildman–Crippen LogP) is 3.77. The number of amides is 1. The van der Waals surface area contributed by atoms with E-state index in [9.17, 15) is 26.4 Å². The van der Waals surface area contributed by atoms with Crippen LogP contribution in [0.5, 0.6) is 0 Å². The molecule has 0 aliphatic heterocycles. The van der Waals surface area contributed by atoms with Gasteiger partial charge in [0.2, 0.25) is 10.0 Å².